The van der Waals surface area contributed by atoms with Gasteiger partial charge in [-0.15, -0.1) is 0 Å². The minimum Gasteiger partial charge on any atom is -0.399 e. The minimum atomic E-state index is -1.59. The fraction of sp³-hybridized carbons (Fsp3) is 0.625. The summed E-state index contributed by atoms with van der Waals surface area (Å²) in [4.78, 5) is 0. The van der Waals surface area contributed by atoms with E-state index in [0.29, 0.717) is 0 Å². The topological polar surface area (TPSA) is 33.0 Å². The molecule has 2 nitrogen and oxygen atoms in total. The summed E-state index contributed by atoms with van der Waals surface area (Å²) in [5.74, 6) is 0. The van der Waals surface area contributed by atoms with Crippen LogP contribution >= 0.6 is 0 Å². The lowest BCUT2D eigenvalue weighted by molar-refractivity contribution is 0.284. The second-order valence-corrected chi connectivity index (χ2v) is 8.05. The first-order chi connectivity index (χ1) is 4.87. The standard InChI is InChI=1S/C8H15NOSi/c1-7(2)8(6-9)10-11(3,4)5/h8H,1H2,2-5H3/t8-/m1/s1. The summed E-state index contributed by atoms with van der Waals surface area (Å²) in [6, 6.07) is 2.07. The highest BCUT2D eigenvalue weighted by atomic mass is 28.4. The third-order valence-corrected chi connectivity index (χ3v) is 1.98. The molecule has 0 rings (SSSR count). The van der Waals surface area contributed by atoms with Gasteiger partial charge in [0.05, 0.1) is 6.07 Å². The Kier molecular flexibility index (Phi) is 3.50. The normalized spacial score (nSPS) is 13.7. The zero-order valence-electron chi connectivity index (χ0n) is 7.64. The van der Waals surface area contributed by atoms with Crippen LogP contribution in [0.2, 0.25) is 19.6 Å². The van der Waals surface area contributed by atoms with Gasteiger partial charge in [-0.05, 0) is 32.1 Å². The van der Waals surface area contributed by atoms with Gasteiger partial charge < -0.3 is 4.43 Å². The van der Waals surface area contributed by atoms with Crippen LogP contribution in [0.4, 0.5) is 0 Å². The number of nitriles is 1. The minimum absolute atomic E-state index is 0.415. The van der Waals surface area contributed by atoms with E-state index < -0.39 is 14.4 Å². The second kappa shape index (κ2) is 3.70. The fourth-order valence-corrected chi connectivity index (χ4v) is 1.55. The molecule has 0 heterocycles. The lowest BCUT2D eigenvalue weighted by Crippen LogP contribution is -2.31. The van der Waals surface area contributed by atoms with E-state index in [4.69, 9.17) is 9.69 Å². The van der Waals surface area contributed by atoms with Crippen LogP contribution in [0.1, 0.15) is 6.92 Å². The first kappa shape index (κ1) is 10.4. The third kappa shape index (κ3) is 4.77. The monoisotopic (exact) mass is 169 g/mol. The molecule has 0 unspecified atom stereocenters. The lowest BCUT2D eigenvalue weighted by atomic mass is 10.2. The molecule has 0 aliphatic rings. The van der Waals surface area contributed by atoms with Crippen molar-refractivity contribution in [1.82, 2.24) is 0 Å². The highest BCUT2D eigenvalue weighted by Gasteiger charge is 2.20. The highest BCUT2D eigenvalue weighted by molar-refractivity contribution is 6.69. The smallest absolute Gasteiger partial charge is 0.185 e. The quantitative estimate of drug-likeness (QED) is 0.480. The van der Waals surface area contributed by atoms with Crippen LogP contribution < -0.4 is 0 Å². The lowest BCUT2D eigenvalue weighted by Gasteiger charge is -2.21. The number of hydrogen-bond acceptors (Lipinski definition) is 2. The van der Waals surface area contributed by atoms with Gasteiger partial charge in [0, 0.05) is 0 Å². The molecule has 3 heteroatoms. The maximum atomic E-state index is 8.65. The van der Waals surface area contributed by atoms with Gasteiger partial charge >= 0.3 is 0 Å². The summed E-state index contributed by atoms with van der Waals surface area (Å²) in [5.41, 5.74) is 0.787. The Morgan fingerprint density at radius 1 is 1.55 bits per heavy atom. The van der Waals surface area contributed by atoms with E-state index in [0.717, 1.165) is 5.57 Å². The van der Waals surface area contributed by atoms with Gasteiger partial charge in [-0.2, -0.15) is 5.26 Å². The van der Waals surface area contributed by atoms with Gasteiger partial charge in [-0.25, -0.2) is 0 Å². The van der Waals surface area contributed by atoms with E-state index >= 15 is 0 Å². The Hall–Kier alpha value is -0.593. The number of hydrogen-bond donors (Lipinski definition) is 0. The number of rotatable bonds is 3. The SMILES string of the molecule is C=C(C)[C@@H](C#N)O[Si](C)(C)C. The number of nitrogens with zero attached hydrogens (tertiary/aromatic N) is 1. The largest absolute Gasteiger partial charge is 0.399 e. The van der Waals surface area contributed by atoms with Gasteiger partial charge in [0.25, 0.3) is 0 Å². The summed E-state index contributed by atoms with van der Waals surface area (Å²) >= 11 is 0. The van der Waals surface area contributed by atoms with E-state index in [1.165, 1.54) is 0 Å². The van der Waals surface area contributed by atoms with Gasteiger partial charge in [-0.1, -0.05) is 6.58 Å². The molecule has 0 aromatic rings. The van der Waals surface area contributed by atoms with Gasteiger partial charge in [0.2, 0.25) is 0 Å². The van der Waals surface area contributed by atoms with E-state index in [1.807, 2.05) is 6.92 Å². The molecule has 0 amide bonds. The van der Waals surface area contributed by atoms with E-state index in [9.17, 15) is 0 Å². The molecule has 0 fully saturated rings. The van der Waals surface area contributed by atoms with Crippen molar-refractivity contribution in [3.63, 3.8) is 0 Å². The Labute approximate surface area is 69.6 Å². The highest BCUT2D eigenvalue weighted by Crippen LogP contribution is 2.11. The molecule has 0 N–H and O–H groups in total. The zero-order chi connectivity index (χ0) is 9.07. The molecular formula is C8H15NOSi. The van der Waals surface area contributed by atoms with Crippen LogP contribution in [0.5, 0.6) is 0 Å². The third-order valence-electron chi connectivity index (χ3n) is 1.04. The molecule has 0 aromatic heterocycles. The zero-order valence-corrected chi connectivity index (χ0v) is 8.64. The summed E-state index contributed by atoms with van der Waals surface area (Å²) in [6.07, 6.45) is -0.415. The predicted octanol–water partition coefficient (Wildman–Crippen LogP) is 2.31. The first-order valence-electron chi connectivity index (χ1n) is 3.59. The van der Waals surface area contributed by atoms with Crippen molar-refractivity contribution in [2.45, 2.75) is 32.7 Å². The van der Waals surface area contributed by atoms with Crippen molar-refractivity contribution in [1.29, 1.82) is 5.26 Å². The van der Waals surface area contributed by atoms with Crippen molar-refractivity contribution in [3.8, 4) is 6.07 Å². The molecule has 0 aromatic carbocycles. The Morgan fingerprint density at radius 2 is 2.00 bits per heavy atom. The summed E-state index contributed by atoms with van der Waals surface area (Å²) < 4.78 is 5.53. The fourth-order valence-electron chi connectivity index (χ4n) is 0.591. The van der Waals surface area contributed by atoms with Crippen molar-refractivity contribution >= 4 is 8.32 Å². The molecule has 0 saturated heterocycles. The van der Waals surface area contributed by atoms with Crippen LogP contribution in [-0.4, -0.2) is 14.4 Å². The molecular weight excluding hydrogens is 154 g/mol. The molecule has 0 saturated carbocycles. The second-order valence-electron chi connectivity index (χ2n) is 3.59. The summed E-state index contributed by atoms with van der Waals surface area (Å²) in [6.45, 7) is 11.7. The van der Waals surface area contributed by atoms with E-state index in [2.05, 4.69) is 32.3 Å². The maximum Gasteiger partial charge on any atom is 0.185 e. The average Bonchev–Trinajstić information content (AvgIpc) is 1.80. The van der Waals surface area contributed by atoms with E-state index in [-0.39, 0.29) is 0 Å². The Bertz CT molecular complexity index is 187. The van der Waals surface area contributed by atoms with Crippen molar-refractivity contribution in [2.24, 2.45) is 0 Å². The van der Waals surface area contributed by atoms with Gasteiger partial charge in [0.15, 0.2) is 14.4 Å². The molecule has 0 radical (unpaired) electrons. The summed E-state index contributed by atoms with van der Waals surface area (Å²) in [7, 11) is -1.59. The molecule has 11 heavy (non-hydrogen) atoms. The van der Waals surface area contributed by atoms with Gasteiger partial charge in [0.1, 0.15) is 0 Å². The van der Waals surface area contributed by atoms with Crippen LogP contribution in [0.25, 0.3) is 0 Å². The maximum absolute atomic E-state index is 8.65. The molecule has 0 aliphatic heterocycles. The van der Waals surface area contributed by atoms with Gasteiger partial charge in [-0.3, -0.25) is 0 Å². The van der Waals surface area contributed by atoms with E-state index in [1.54, 1.807) is 0 Å². The Morgan fingerprint density at radius 3 is 2.09 bits per heavy atom. The Balaban J connectivity index is 4.13. The molecule has 62 valence electrons. The average molecular weight is 169 g/mol. The van der Waals surface area contributed by atoms with Crippen molar-refractivity contribution < 1.29 is 4.43 Å². The van der Waals surface area contributed by atoms with Crippen LogP contribution in [-0.2, 0) is 4.43 Å². The van der Waals surface area contributed by atoms with Crippen molar-refractivity contribution in [3.05, 3.63) is 12.2 Å². The molecule has 0 bridgehead atoms. The predicted molar refractivity (Wildman–Crippen MR) is 48.6 cm³/mol. The summed E-state index contributed by atoms with van der Waals surface area (Å²) in [5, 5.41) is 8.65. The molecule has 0 aliphatic carbocycles. The van der Waals surface area contributed by atoms with Crippen LogP contribution in [0.3, 0.4) is 0 Å². The first-order valence-corrected chi connectivity index (χ1v) is 7.00. The van der Waals surface area contributed by atoms with Crippen LogP contribution in [0.15, 0.2) is 12.2 Å². The molecule has 1 atom stereocenters. The van der Waals surface area contributed by atoms with Crippen LogP contribution in [0, 0.1) is 11.3 Å². The molecule has 0 spiro atoms. The van der Waals surface area contributed by atoms with Crippen molar-refractivity contribution in [2.75, 3.05) is 0 Å².